The van der Waals surface area contributed by atoms with Crippen molar-refractivity contribution in [2.75, 3.05) is 73.9 Å². The molecule has 1 unspecified atom stereocenters. The van der Waals surface area contributed by atoms with E-state index in [4.69, 9.17) is 24.1 Å². The van der Waals surface area contributed by atoms with Gasteiger partial charge >= 0.3 is 5.97 Å². The molecule has 0 bridgehead atoms. The van der Waals surface area contributed by atoms with Crippen molar-refractivity contribution >= 4 is 5.97 Å². The van der Waals surface area contributed by atoms with Gasteiger partial charge < -0.3 is 28.5 Å². The lowest BCUT2D eigenvalue weighted by atomic mass is 10.0. The van der Waals surface area contributed by atoms with Crippen LogP contribution in [0.2, 0.25) is 0 Å². The third kappa shape index (κ3) is 31.4. The summed E-state index contributed by atoms with van der Waals surface area (Å²) in [7, 11) is 6.39. The summed E-state index contributed by atoms with van der Waals surface area (Å²) in [5.41, 5.74) is 0. The summed E-state index contributed by atoms with van der Waals surface area (Å²) < 4.78 is 23.2. The normalized spacial score (nSPS) is 12.8. The minimum atomic E-state index is -0.980. The summed E-state index contributed by atoms with van der Waals surface area (Å²) in [6.07, 6.45) is 21.2. The molecule has 222 valence electrons. The van der Waals surface area contributed by atoms with Gasteiger partial charge in [0.1, 0.15) is 19.3 Å². The van der Waals surface area contributed by atoms with Crippen molar-refractivity contribution in [1.82, 2.24) is 0 Å². The zero-order valence-corrected chi connectivity index (χ0v) is 25.0. The van der Waals surface area contributed by atoms with E-state index in [0.29, 0.717) is 39.6 Å². The van der Waals surface area contributed by atoms with Gasteiger partial charge in [-0.25, -0.2) is 4.79 Å². The Morgan fingerprint density at radius 2 is 1.05 bits per heavy atom. The van der Waals surface area contributed by atoms with Crippen LogP contribution in [0.15, 0.2) is 0 Å². The lowest BCUT2D eigenvalue weighted by Gasteiger charge is -2.23. The van der Waals surface area contributed by atoms with Crippen LogP contribution in [0, 0.1) is 0 Å². The molecule has 0 aliphatic heterocycles. The fraction of sp³-hybridized carbons (Fsp3) is 0.967. The molecule has 0 spiro atoms. The molecule has 0 rings (SSSR count). The van der Waals surface area contributed by atoms with Crippen LogP contribution in [0.25, 0.3) is 0 Å². The second kappa shape index (κ2) is 26.9. The molecule has 0 aromatic heterocycles. The van der Waals surface area contributed by atoms with Crippen molar-refractivity contribution in [3.8, 4) is 0 Å². The number of carbonyl (C=O) groups is 1. The second-order valence-electron chi connectivity index (χ2n) is 11.4. The molecule has 0 aliphatic carbocycles. The van der Waals surface area contributed by atoms with Crippen LogP contribution in [-0.2, 0) is 23.7 Å². The Labute approximate surface area is 229 Å². The van der Waals surface area contributed by atoms with E-state index in [1.165, 1.54) is 96.3 Å². The number of nitrogens with zero attached hydrogens (tertiary/aromatic N) is 1. The van der Waals surface area contributed by atoms with E-state index in [1.54, 1.807) is 0 Å². The Bertz CT molecular complexity index is 483. The number of aliphatic carboxylic acids is 1. The van der Waals surface area contributed by atoms with Crippen molar-refractivity contribution in [2.45, 2.75) is 116 Å². The third-order valence-corrected chi connectivity index (χ3v) is 6.47. The van der Waals surface area contributed by atoms with Gasteiger partial charge in [-0.05, 0) is 6.42 Å². The maximum Gasteiger partial charge on any atom is 0.329 e. The Hall–Kier alpha value is -0.730. The predicted octanol–water partition coefficient (Wildman–Crippen LogP) is 6.47. The molecule has 0 saturated heterocycles. The van der Waals surface area contributed by atoms with Crippen molar-refractivity contribution in [3.63, 3.8) is 0 Å². The van der Waals surface area contributed by atoms with E-state index < -0.39 is 5.97 Å². The summed E-state index contributed by atoms with van der Waals surface area (Å²) >= 11 is 0. The fourth-order valence-electron chi connectivity index (χ4n) is 4.07. The number of ether oxygens (including phenoxy) is 4. The van der Waals surface area contributed by atoms with E-state index >= 15 is 0 Å². The lowest BCUT2D eigenvalue weighted by Crippen LogP contribution is -2.37. The molecule has 0 radical (unpaired) electrons. The first-order chi connectivity index (χ1) is 17.8. The molecule has 37 heavy (non-hydrogen) atoms. The third-order valence-electron chi connectivity index (χ3n) is 6.47. The molecular weight excluding hydrogens is 470 g/mol. The van der Waals surface area contributed by atoms with E-state index in [2.05, 4.69) is 28.1 Å². The molecule has 0 aromatic rings. The van der Waals surface area contributed by atoms with Gasteiger partial charge in [0.2, 0.25) is 0 Å². The van der Waals surface area contributed by atoms with E-state index in [0.717, 1.165) is 17.4 Å². The number of quaternary nitrogens is 1. The molecule has 7 heteroatoms. The zero-order valence-electron chi connectivity index (χ0n) is 25.0. The van der Waals surface area contributed by atoms with Crippen LogP contribution in [-0.4, -0.2) is 95.6 Å². The van der Waals surface area contributed by atoms with Crippen molar-refractivity contribution in [1.29, 1.82) is 0 Å². The Morgan fingerprint density at radius 1 is 0.622 bits per heavy atom. The molecule has 0 saturated carbocycles. The second-order valence-corrected chi connectivity index (χ2v) is 11.4. The molecule has 7 nitrogen and oxygen atoms in total. The SMILES string of the molecule is CCCCCCCCCCCCCCCCCCOCC(COCCOCC[N+](C)(C)C)OCC(=O)O. The van der Waals surface area contributed by atoms with Crippen LogP contribution < -0.4 is 0 Å². The summed E-state index contributed by atoms with van der Waals surface area (Å²) in [5, 5.41) is 8.90. The number of carboxylic acid groups (broad SMARTS) is 1. The molecule has 0 amide bonds. The highest BCUT2D eigenvalue weighted by molar-refractivity contribution is 5.68. The highest BCUT2D eigenvalue weighted by atomic mass is 16.6. The molecule has 0 heterocycles. The molecule has 1 atom stereocenters. The van der Waals surface area contributed by atoms with Crippen molar-refractivity contribution in [3.05, 3.63) is 0 Å². The molecule has 1 N–H and O–H groups in total. The minimum Gasteiger partial charge on any atom is -0.480 e. The Balaban J connectivity index is 3.56. The lowest BCUT2D eigenvalue weighted by molar-refractivity contribution is -0.870. The monoisotopic (exact) mass is 532 g/mol. The van der Waals surface area contributed by atoms with Gasteiger partial charge in [-0.15, -0.1) is 0 Å². The van der Waals surface area contributed by atoms with Gasteiger partial charge in [-0.3, -0.25) is 0 Å². The van der Waals surface area contributed by atoms with E-state index in [1.807, 2.05) is 0 Å². The van der Waals surface area contributed by atoms with Gasteiger partial charge in [0.25, 0.3) is 0 Å². The maximum atomic E-state index is 10.8. The number of hydrogen-bond acceptors (Lipinski definition) is 5. The minimum absolute atomic E-state index is 0.310. The maximum absolute atomic E-state index is 10.8. The predicted molar refractivity (Wildman–Crippen MR) is 152 cm³/mol. The zero-order chi connectivity index (χ0) is 27.5. The van der Waals surface area contributed by atoms with Gasteiger partial charge in [-0.1, -0.05) is 103 Å². The average molecular weight is 533 g/mol. The first kappa shape index (κ1) is 36.3. The number of rotatable bonds is 30. The average Bonchev–Trinajstić information content (AvgIpc) is 2.84. The topological polar surface area (TPSA) is 74.2 Å². The summed E-state index contributed by atoms with van der Waals surface area (Å²) in [4.78, 5) is 10.8. The highest BCUT2D eigenvalue weighted by Crippen LogP contribution is 2.13. The molecule has 0 aliphatic rings. The van der Waals surface area contributed by atoms with Crippen LogP contribution in [0.1, 0.15) is 110 Å². The van der Waals surface area contributed by atoms with Crippen LogP contribution >= 0.6 is 0 Å². The van der Waals surface area contributed by atoms with Gasteiger partial charge in [0, 0.05) is 6.61 Å². The molecule has 0 aromatic carbocycles. The Morgan fingerprint density at radius 3 is 1.51 bits per heavy atom. The smallest absolute Gasteiger partial charge is 0.329 e. The first-order valence-corrected chi connectivity index (χ1v) is 15.2. The summed E-state index contributed by atoms with van der Waals surface area (Å²) in [5.74, 6) is -0.980. The number of carboxylic acids is 1. The number of likely N-dealkylation sites (N-methyl/N-ethyl adjacent to an activating group) is 1. The van der Waals surface area contributed by atoms with Crippen LogP contribution in [0.4, 0.5) is 0 Å². The van der Waals surface area contributed by atoms with E-state index in [-0.39, 0.29) is 12.7 Å². The largest absolute Gasteiger partial charge is 0.480 e. The Kier molecular flexibility index (Phi) is 26.3. The molecular formula is C30H62NO6+. The summed E-state index contributed by atoms with van der Waals surface area (Å²) in [6.45, 7) is 5.90. The van der Waals surface area contributed by atoms with Gasteiger partial charge in [0.15, 0.2) is 0 Å². The van der Waals surface area contributed by atoms with Crippen LogP contribution in [0.3, 0.4) is 0 Å². The highest BCUT2D eigenvalue weighted by Gasteiger charge is 2.12. The van der Waals surface area contributed by atoms with Gasteiger partial charge in [0.05, 0.1) is 54.2 Å². The molecule has 0 fully saturated rings. The summed E-state index contributed by atoms with van der Waals surface area (Å²) in [6, 6.07) is 0. The van der Waals surface area contributed by atoms with E-state index in [9.17, 15) is 4.79 Å². The standard InChI is InChI=1S/C30H61NO6/c1-5-6-7-8-9-10-11-12-13-14-15-16-17-18-19-20-22-35-26-29(37-28-30(32)33)27-36-25-24-34-23-21-31(2,3)4/h29H,5-28H2,1-4H3/p+1. The van der Waals surface area contributed by atoms with Crippen molar-refractivity contribution in [2.24, 2.45) is 0 Å². The van der Waals surface area contributed by atoms with Crippen LogP contribution in [0.5, 0.6) is 0 Å². The number of hydrogen-bond donors (Lipinski definition) is 1. The fourth-order valence-corrected chi connectivity index (χ4v) is 4.07. The number of unbranched alkanes of at least 4 members (excludes halogenated alkanes) is 15. The van der Waals surface area contributed by atoms with Crippen molar-refractivity contribution < 1.29 is 33.3 Å². The quantitative estimate of drug-likeness (QED) is 0.0844. The first-order valence-electron chi connectivity index (χ1n) is 15.2. The van der Waals surface area contributed by atoms with Gasteiger partial charge in [-0.2, -0.15) is 0 Å².